The second-order valence-corrected chi connectivity index (χ2v) is 9.77. The fraction of sp³-hybridized carbons (Fsp3) is 0.333. The van der Waals surface area contributed by atoms with Gasteiger partial charge in [0.15, 0.2) is 0 Å². The fourth-order valence-corrected chi connectivity index (χ4v) is 5.75. The molecule has 2 fully saturated rings. The first-order valence-electron chi connectivity index (χ1n) is 11.6. The molecule has 33 heavy (non-hydrogen) atoms. The van der Waals surface area contributed by atoms with E-state index in [2.05, 4.69) is 33.9 Å². The number of imide groups is 1. The van der Waals surface area contributed by atoms with Gasteiger partial charge >= 0.3 is 6.03 Å². The molecule has 0 atom stereocenters. The SMILES string of the molecule is O=C1N(Cc2ccccc2)C(=O)C2(CCN(Cc3ccsc3)CC2)N1CCc1ccccc1. The van der Waals surface area contributed by atoms with Crippen molar-refractivity contribution in [3.8, 4) is 0 Å². The summed E-state index contributed by atoms with van der Waals surface area (Å²) in [4.78, 5) is 33.1. The number of hydrogen-bond acceptors (Lipinski definition) is 4. The van der Waals surface area contributed by atoms with Gasteiger partial charge in [0.05, 0.1) is 6.54 Å². The molecule has 2 aliphatic heterocycles. The Hall–Kier alpha value is -2.96. The Morgan fingerprint density at radius 1 is 0.788 bits per heavy atom. The summed E-state index contributed by atoms with van der Waals surface area (Å²) in [5.41, 5.74) is 2.75. The van der Waals surface area contributed by atoms with Gasteiger partial charge in [0.2, 0.25) is 0 Å². The summed E-state index contributed by atoms with van der Waals surface area (Å²) in [5.74, 6) is -0.0281. The number of benzene rings is 2. The highest BCUT2D eigenvalue weighted by Crippen LogP contribution is 2.38. The van der Waals surface area contributed by atoms with Crippen molar-refractivity contribution >= 4 is 23.3 Å². The molecule has 0 N–H and O–H groups in total. The van der Waals surface area contributed by atoms with E-state index < -0.39 is 5.54 Å². The summed E-state index contributed by atoms with van der Waals surface area (Å²) in [7, 11) is 0. The third kappa shape index (κ3) is 4.45. The molecule has 6 heteroatoms. The van der Waals surface area contributed by atoms with E-state index >= 15 is 0 Å². The van der Waals surface area contributed by atoms with E-state index in [0.717, 1.165) is 31.6 Å². The predicted octanol–water partition coefficient (Wildman–Crippen LogP) is 4.79. The van der Waals surface area contributed by atoms with E-state index in [1.54, 1.807) is 11.3 Å². The molecular weight excluding hydrogens is 430 g/mol. The molecule has 3 aromatic rings. The van der Waals surface area contributed by atoms with Gasteiger partial charge in [0, 0.05) is 26.2 Å². The standard InChI is InChI=1S/C27H29N3O2S/c31-25-27(13-16-28(17-14-27)19-24-12-18-33-21-24)30(15-11-22-7-3-1-4-8-22)26(32)29(25)20-23-9-5-2-6-10-23/h1-10,12,18,21H,11,13-17,19-20H2. The Kier molecular flexibility index (Phi) is 6.29. The maximum absolute atomic E-state index is 13.8. The molecule has 2 aromatic carbocycles. The average Bonchev–Trinajstić information content (AvgIpc) is 3.43. The third-order valence-electron chi connectivity index (χ3n) is 6.94. The number of nitrogens with zero attached hydrogens (tertiary/aromatic N) is 3. The van der Waals surface area contributed by atoms with Crippen molar-refractivity contribution in [3.05, 3.63) is 94.2 Å². The van der Waals surface area contributed by atoms with Gasteiger partial charge in [-0.15, -0.1) is 0 Å². The highest BCUT2D eigenvalue weighted by atomic mass is 32.1. The van der Waals surface area contributed by atoms with E-state index in [9.17, 15) is 9.59 Å². The lowest BCUT2D eigenvalue weighted by Gasteiger charge is -2.42. The number of hydrogen-bond donors (Lipinski definition) is 0. The average molecular weight is 460 g/mol. The Labute approximate surface area is 199 Å². The Morgan fingerprint density at radius 2 is 1.45 bits per heavy atom. The Bertz CT molecular complexity index is 1080. The van der Waals surface area contributed by atoms with Gasteiger partial charge in [-0.2, -0.15) is 11.3 Å². The van der Waals surface area contributed by atoms with Gasteiger partial charge < -0.3 is 4.90 Å². The van der Waals surface area contributed by atoms with Crippen LogP contribution in [0.25, 0.3) is 0 Å². The maximum Gasteiger partial charge on any atom is 0.328 e. The number of piperidine rings is 1. The Balaban J connectivity index is 1.36. The number of carbonyl (C=O) groups is 2. The maximum atomic E-state index is 13.8. The van der Waals surface area contributed by atoms with Gasteiger partial charge in [0.1, 0.15) is 5.54 Å². The smallest absolute Gasteiger partial charge is 0.309 e. The molecule has 3 amide bonds. The summed E-state index contributed by atoms with van der Waals surface area (Å²) >= 11 is 1.71. The number of carbonyl (C=O) groups excluding carboxylic acids is 2. The first kappa shape index (κ1) is 21.9. The van der Waals surface area contributed by atoms with Gasteiger partial charge in [-0.05, 0) is 52.8 Å². The molecule has 0 saturated carbocycles. The summed E-state index contributed by atoms with van der Waals surface area (Å²) in [6.07, 6.45) is 2.11. The van der Waals surface area contributed by atoms with Crippen molar-refractivity contribution in [2.24, 2.45) is 0 Å². The largest absolute Gasteiger partial charge is 0.328 e. The summed E-state index contributed by atoms with van der Waals surface area (Å²) in [6.45, 7) is 3.43. The molecule has 0 bridgehead atoms. The molecule has 1 spiro atoms. The number of rotatable bonds is 7. The zero-order valence-electron chi connectivity index (χ0n) is 18.7. The normalized spacial score (nSPS) is 18.4. The second-order valence-electron chi connectivity index (χ2n) is 8.99. The zero-order chi connectivity index (χ0) is 22.7. The van der Waals surface area contributed by atoms with Gasteiger partial charge in [0.25, 0.3) is 5.91 Å². The molecule has 0 unspecified atom stereocenters. The third-order valence-corrected chi connectivity index (χ3v) is 7.67. The fourth-order valence-electron chi connectivity index (χ4n) is 5.09. The highest BCUT2D eigenvalue weighted by molar-refractivity contribution is 7.07. The van der Waals surface area contributed by atoms with Crippen LogP contribution in [0.1, 0.15) is 29.5 Å². The molecule has 2 saturated heterocycles. The highest BCUT2D eigenvalue weighted by Gasteiger charge is 2.57. The lowest BCUT2D eigenvalue weighted by molar-refractivity contribution is -0.136. The van der Waals surface area contributed by atoms with Crippen molar-refractivity contribution in [3.63, 3.8) is 0 Å². The van der Waals surface area contributed by atoms with Gasteiger partial charge in [-0.3, -0.25) is 14.6 Å². The summed E-state index contributed by atoms with van der Waals surface area (Å²) in [6, 6.07) is 22.0. The van der Waals surface area contributed by atoms with Crippen LogP contribution in [0, 0.1) is 0 Å². The lowest BCUT2D eigenvalue weighted by Crippen LogP contribution is -2.56. The minimum absolute atomic E-state index is 0.0281. The van der Waals surface area contributed by atoms with Gasteiger partial charge in [-0.1, -0.05) is 60.7 Å². The molecule has 0 aliphatic carbocycles. The van der Waals surface area contributed by atoms with E-state index in [1.807, 2.05) is 53.4 Å². The van der Waals surface area contributed by atoms with Crippen LogP contribution in [0.15, 0.2) is 77.5 Å². The Morgan fingerprint density at radius 3 is 2.09 bits per heavy atom. The first-order chi connectivity index (χ1) is 16.2. The summed E-state index contributed by atoms with van der Waals surface area (Å²) < 4.78 is 0. The minimum Gasteiger partial charge on any atom is -0.309 e. The van der Waals surface area contributed by atoms with E-state index in [0.29, 0.717) is 25.9 Å². The van der Waals surface area contributed by atoms with Crippen molar-refractivity contribution in [2.45, 2.75) is 37.9 Å². The summed E-state index contributed by atoms with van der Waals surface area (Å²) in [5, 5.41) is 4.29. The molecule has 5 nitrogen and oxygen atoms in total. The number of amides is 3. The van der Waals surface area contributed by atoms with Crippen LogP contribution in [0.5, 0.6) is 0 Å². The van der Waals surface area contributed by atoms with Crippen molar-refractivity contribution in [1.29, 1.82) is 0 Å². The van der Waals surface area contributed by atoms with Crippen LogP contribution in [-0.4, -0.2) is 51.8 Å². The minimum atomic E-state index is -0.730. The topological polar surface area (TPSA) is 43.9 Å². The molecule has 1 aromatic heterocycles. The molecule has 3 heterocycles. The van der Waals surface area contributed by atoms with Crippen molar-refractivity contribution in [1.82, 2.24) is 14.7 Å². The molecule has 0 radical (unpaired) electrons. The van der Waals surface area contributed by atoms with Crippen LogP contribution < -0.4 is 0 Å². The molecule has 170 valence electrons. The van der Waals surface area contributed by atoms with Crippen molar-refractivity contribution < 1.29 is 9.59 Å². The predicted molar refractivity (Wildman–Crippen MR) is 131 cm³/mol. The number of urea groups is 1. The van der Waals surface area contributed by atoms with Gasteiger partial charge in [-0.25, -0.2) is 4.79 Å². The van der Waals surface area contributed by atoms with Crippen LogP contribution in [0.2, 0.25) is 0 Å². The van der Waals surface area contributed by atoms with E-state index in [4.69, 9.17) is 0 Å². The zero-order valence-corrected chi connectivity index (χ0v) is 19.5. The number of likely N-dealkylation sites (tertiary alicyclic amines) is 1. The van der Waals surface area contributed by atoms with E-state index in [1.165, 1.54) is 16.0 Å². The van der Waals surface area contributed by atoms with Crippen LogP contribution in [0.3, 0.4) is 0 Å². The number of thiophene rings is 1. The monoisotopic (exact) mass is 459 g/mol. The molecule has 5 rings (SSSR count). The van der Waals surface area contributed by atoms with Crippen LogP contribution >= 0.6 is 11.3 Å². The van der Waals surface area contributed by atoms with E-state index in [-0.39, 0.29) is 11.9 Å². The lowest BCUT2D eigenvalue weighted by atomic mass is 9.85. The van der Waals surface area contributed by atoms with Crippen molar-refractivity contribution in [2.75, 3.05) is 19.6 Å². The first-order valence-corrected chi connectivity index (χ1v) is 12.5. The quantitative estimate of drug-likeness (QED) is 0.477. The molecular formula is C27H29N3O2S. The van der Waals surface area contributed by atoms with Crippen LogP contribution in [-0.2, 0) is 24.3 Å². The molecule has 2 aliphatic rings. The second kappa shape index (κ2) is 9.49. The van der Waals surface area contributed by atoms with Crippen LogP contribution in [0.4, 0.5) is 4.79 Å².